The van der Waals surface area contributed by atoms with Crippen molar-refractivity contribution in [2.45, 2.75) is 6.04 Å². The van der Waals surface area contributed by atoms with Gasteiger partial charge < -0.3 is 9.32 Å². The van der Waals surface area contributed by atoms with Crippen molar-refractivity contribution in [1.29, 1.82) is 0 Å². The number of halogens is 2. The maximum atomic E-state index is 13.0. The zero-order valence-electron chi connectivity index (χ0n) is 12.5. The molecule has 0 radical (unpaired) electrons. The number of fused-ring (bicyclic) bond motifs is 2. The molecule has 0 bridgehead atoms. The molecular weight excluding hydrogens is 349 g/mol. The summed E-state index contributed by atoms with van der Waals surface area (Å²) in [6, 6.07) is 11.3. The van der Waals surface area contributed by atoms with E-state index in [1.807, 2.05) is 0 Å². The van der Waals surface area contributed by atoms with Crippen LogP contribution in [0.1, 0.15) is 27.7 Å². The lowest BCUT2D eigenvalue weighted by molar-refractivity contribution is 0.0771. The van der Waals surface area contributed by atoms with Crippen LogP contribution in [0, 0.1) is 0 Å². The molecule has 3 aromatic rings. The van der Waals surface area contributed by atoms with Crippen molar-refractivity contribution in [1.82, 2.24) is 4.90 Å². The number of hydrogen-bond donors (Lipinski definition) is 0. The predicted molar refractivity (Wildman–Crippen MR) is 92.9 cm³/mol. The van der Waals surface area contributed by atoms with Gasteiger partial charge in [0.15, 0.2) is 5.43 Å². The van der Waals surface area contributed by atoms with Crippen LogP contribution in [0.15, 0.2) is 51.7 Å². The number of rotatable bonds is 1. The van der Waals surface area contributed by atoms with Gasteiger partial charge in [-0.15, -0.1) is 0 Å². The number of amides is 1. The largest absolute Gasteiger partial charge is 0.450 e. The molecule has 2 heterocycles. The van der Waals surface area contributed by atoms with Crippen LogP contribution in [0.4, 0.5) is 0 Å². The first-order valence-electron chi connectivity index (χ1n) is 7.26. The Labute approximate surface area is 147 Å². The first-order chi connectivity index (χ1) is 11.5. The Morgan fingerprint density at radius 2 is 1.67 bits per heavy atom. The molecule has 2 aromatic carbocycles. The minimum absolute atomic E-state index is 0.0808. The van der Waals surface area contributed by atoms with Crippen LogP contribution in [0.5, 0.6) is 0 Å². The number of hydrogen-bond acceptors (Lipinski definition) is 3. The van der Waals surface area contributed by atoms with Crippen molar-refractivity contribution < 1.29 is 9.21 Å². The lowest BCUT2D eigenvalue weighted by Gasteiger charge is -2.20. The van der Waals surface area contributed by atoms with Gasteiger partial charge in [-0.05, 0) is 35.9 Å². The lowest BCUT2D eigenvalue weighted by Crippen LogP contribution is -2.25. The third kappa shape index (κ3) is 2.14. The van der Waals surface area contributed by atoms with E-state index in [4.69, 9.17) is 27.6 Å². The highest BCUT2D eigenvalue weighted by atomic mass is 35.5. The van der Waals surface area contributed by atoms with E-state index in [2.05, 4.69) is 0 Å². The van der Waals surface area contributed by atoms with Gasteiger partial charge in [0.1, 0.15) is 5.58 Å². The van der Waals surface area contributed by atoms with Crippen molar-refractivity contribution in [3.8, 4) is 0 Å². The van der Waals surface area contributed by atoms with Gasteiger partial charge in [-0.25, -0.2) is 0 Å². The summed E-state index contributed by atoms with van der Waals surface area (Å²) < 4.78 is 5.72. The Morgan fingerprint density at radius 1 is 1.00 bits per heavy atom. The summed E-state index contributed by atoms with van der Waals surface area (Å²) in [5.74, 6) is -0.240. The van der Waals surface area contributed by atoms with E-state index in [-0.39, 0.29) is 17.1 Å². The van der Waals surface area contributed by atoms with Gasteiger partial charge >= 0.3 is 0 Å². The highest BCUT2D eigenvalue weighted by molar-refractivity contribution is 6.31. The standard InChI is InChI=1S/C18H11Cl2NO3/c1-21-15(9-2-4-10(19)5-3-9)14-16(22)12-8-11(20)6-7-13(12)24-17(14)18(21)23/h2-8,15H,1H3. The molecule has 120 valence electrons. The molecule has 1 atom stereocenters. The zero-order chi connectivity index (χ0) is 17.0. The van der Waals surface area contributed by atoms with E-state index >= 15 is 0 Å². The molecule has 4 nitrogen and oxygen atoms in total. The molecule has 0 spiro atoms. The van der Waals surface area contributed by atoms with Gasteiger partial charge in [0, 0.05) is 17.1 Å². The number of carbonyl (C=O) groups is 1. The fourth-order valence-electron chi connectivity index (χ4n) is 3.10. The van der Waals surface area contributed by atoms with Gasteiger partial charge in [-0.2, -0.15) is 0 Å². The van der Waals surface area contributed by atoms with Crippen molar-refractivity contribution in [3.05, 3.63) is 79.6 Å². The molecule has 1 aliphatic rings. The molecule has 0 saturated carbocycles. The minimum atomic E-state index is -0.510. The smallest absolute Gasteiger partial charge is 0.290 e. The Hall–Kier alpha value is -2.30. The third-order valence-corrected chi connectivity index (χ3v) is 4.74. The second-order valence-corrected chi connectivity index (χ2v) is 6.56. The number of carbonyl (C=O) groups excluding carboxylic acids is 1. The van der Waals surface area contributed by atoms with Gasteiger partial charge in [0.25, 0.3) is 5.91 Å². The lowest BCUT2D eigenvalue weighted by atomic mass is 9.99. The number of nitrogens with zero attached hydrogens (tertiary/aromatic N) is 1. The third-order valence-electron chi connectivity index (χ3n) is 4.25. The van der Waals surface area contributed by atoms with Crippen LogP contribution < -0.4 is 5.43 Å². The maximum absolute atomic E-state index is 13.0. The van der Waals surface area contributed by atoms with Crippen LogP contribution in [-0.4, -0.2) is 17.9 Å². The van der Waals surface area contributed by atoms with Crippen molar-refractivity contribution in [3.63, 3.8) is 0 Å². The Balaban J connectivity index is 2.03. The summed E-state index contributed by atoms with van der Waals surface area (Å²) in [4.78, 5) is 27.0. The molecule has 4 rings (SSSR count). The van der Waals surface area contributed by atoms with Gasteiger partial charge in [0.05, 0.1) is 17.0 Å². The van der Waals surface area contributed by atoms with Crippen molar-refractivity contribution in [2.75, 3.05) is 7.05 Å². The van der Waals surface area contributed by atoms with E-state index in [0.29, 0.717) is 26.6 Å². The Bertz CT molecular complexity index is 1040. The monoisotopic (exact) mass is 359 g/mol. The molecule has 0 aliphatic carbocycles. The molecule has 0 saturated heterocycles. The summed E-state index contributed by atoms with van der Waals surface area (Å²) in [5, 5.41) is 1.39. The quantitative estimate of drug-likeness (QED) is 0.651. The molecule has 0 fully saturated rings. The molecule has 1 unspecified atom stereocenters. The van der Waals surface area contributed by atoms with Crippen LogP contribution in [-0.2, 0) is 0 Å². The Kier molecular flexibility index (Phi) is 3.41. The molecule has 1 amide bonds. The average molecular weight is 360 g/mol. The average Bonchev–Trinajstić information content (AvgIpc) is 2.82. The fraction of sp³-hybridized carbons (Fsp3) is 0.111. The molecular formula is C18H11Cl2NO3. The van der Waals surface area contributed by atoms with E-state index < -0.39 is 6.04 Å². The maximum Gasteiger partial charge on any atom is 0.290 e. The SMILES string of the molecule is CN1C(=O)c2oc3ccc(Cl)cc3c(=O)c2C1c1ccc(Cl)cc1. The molecule has 6 heteroatoms. The van der Waals surface area contributed by atoms with Crippen LogP contribution >= 0.6 is 23.2 Å². The summed E-state index contributed by atoms with van der Waals surface area (Å²) in [6.45, 7) is 0. The van der Waals surface area contributed by atoms with Crippen LogP contribution in [0.3, 0.4) is 0 Å². The summed E-state index contributed by atoms with van der Waals surface area (Å²) in [7, 11) is 1.65. The summed E-state index contributed by atoms with van der Waals surface area (Å²) in [6.07, 6.45) is 0. The Morgan fingerprint density at radius 3 is 2.38 bits per heavy atom. The van der Waals surface area contributed by atoms with E-state index in [9.17, 15) is 9.59 Å². The van der Waals surface area contributed by atoms with Crippen LogP contribution in [0.25, 0.3) is 11.0 Å². The fourth-order valence-corrected chi connectivity index (χ4v) is 3.39. The topological polar surface area (TPSA) is 50.5 Å². The van der Waals surface area contributed by atoms with E-state index in [0.717, 1.165) is 5.56 Å². The van der Waals surface area contributed by atoms with E-state index in [1.54, 1.807) is 49.5 Å². The van der Waals surface area contributed by atoms with Gasteiger partial charge in [-0.3, -0.25) is 9.59 Å². The van der Waals surface area contributed by atoms with Crippen molar-refractivity contribution in [2.24, 2.45) is 0 Å². The number of benzene rings is 2. The van der Waals surface area contributed by atoms with Crippen LogP contribution in [0.2, 0.25) is 10.0 Å². The van der Waals surface area contributed by atoms with Gasteiger partial charge in [-0.1, -0.05) is 35.3 Å². The second-order valence-electron chi connectivity index (χ2n) is 5.68. The predicted octanol–water partition coefficient (Wildman–Crippen LogP) is 4.27. The minimum Gasteiger partial charge on any atom is -0.450 e. The summed E-state index contributed by atoms with van der Waals surface area (Å²) >= 11 is 11.9. The highest BCUT2D eigenvalue weighted by Gasteiger charge is 2.40. The summed E-state index contributed by atoms with van der Waals surface area (Å²) in [5.41, 5.74) is 1.23. The normalized spacial score (nSPS) is 16.7. The zero-order valence-corrected chi connectivity index (χ0v) is 14.1. The molecule has 0 N–H and O–H groups in total. The first-order valence-corrected chi connectivity index (χ1v) is 8.02. The van der Waals surface area contributed by atoms with Crippen molar-refractivity contribution >= 4 is 40.1 Å². The molecule has 1 aliphatic heterocycles. The second kappa shape index (κ2) is 5.36. The first kappa shape index (κ1) is 15.2. The van der Waals surface area contributed by atoms with Gasteiger partial charge in [0.2, 0.25) is 5.76 Å². The molecule has 24 heavy (non-hydrogen) atoms. The van der Waals surface area contributed by atoms with E-state index in [1.165, 1.54) is 4.90 Å². The highest BCUT2D eigenvalue weighted by Crippen LogP contribution is 2.37. The molecule has 1 aromatic heterocycles.